The predicted molar refractivity (Wildman–Crippen MR) is 67.9 cm³/mol. The number of rotatable bonds is 4. The Bertz CT molecular complexity index is 251. The van der Waals surface area contributed by atoms with Crippen molar-refractivity contribution >= 4 is 0 Å². The van der Waals surface area contributed by atoms with Gasteiger partial charge in [0, 0.05) is 38.1 Å². The zero-order chi connectivity index (χ0) is 12.5. The molecule has 2 aliphatic heterocycles. The highest BCUT2D eigenvalue weighted by atomic mass is 16.3. The van der Waals surface area contributed by atoms with Gasteiger partial charge in [0.1, 0.15) is 0 Å². The van der Waals surface area contributed by atoms with Crippen LogP contribution in [0.4, 0.5) is 0 Å². The van der Waals surface area contributed by atoms with Crippen molar-refractivity contribution in [3.05, 3.63) is 0 Å². The van der Waals surface area contributed by atoms with Crippen LogP contribution in [0, 0.1) is 11.3 Å². The molecule has 2 rings (SSSR count). The van der Waals surface area contributed by atoms with Crippen molar-refractivity contribution in [2.75, 3.05) is 39.3 Å². The van der Waals surface area contributed by atoms with Crippen molar-refractivity contribution in [3.63, 3.8) is 0 Å². The van der Waals surface area contributed by atoms with Crippen molar-refractivity contribution in [3.8, 4) is 0 Å². The summed E-state index contributed by atoms with van der Waals surface area (Å²) in [4.78, 5) is 2.43. The van der Waals surface area contributed by atoms with Gasteiger partial charge in [-0.3, -0.25) is 0 Å². The molecule has 4 heteroatoms. The molecule has 2 aliphatic rings. The summed E-state index contributed by atoms with van der Waals surface area (Å²) in [7, 11) is 0. The second kappa shape index (κ2) is 4.84. The van der Waals surface area contributed by atoms with Gasteiger partial charge in [0.15, 0.2) is 0 Å². The average molecular weight is 242 g/mol. The van der Waals surface area contributed by atoms with Crippen molar-refractivity contribution in [2.45, 2.75) is 32.3 Å². The van der Waals surface area contributed by atoms with Crippen LogP contribution in [0.1, 0.15) is 26.7 Å². The first-order valence-corrected chi connectivity index (χ1v) is 6.78. The quantitative estimate of drug-likeness (QED) is 0.652. The van der Waals surface area contributed by atoms with Gasteiger partial charge in [0.25, 0.3) is 0 Å². The molecular weight excluding hydrogens is 216 g/mol. The normalized spacial score (nSPS) is 28.1. The predicted octanol–water partition coefficient (Wildman–Crippen LogP) is 0.0512. The summed E-state index contributed by atoms with van der Waals surface area (Å²) >= 11 is 0. The molecule has 0 aromatic heterocycles. The highest BCUT2D eigenvalue weighted by Crippen LogP contribution is 2.42. The minimum Gasteiger partial charge on any atom is -0.396 e. The van der Waals surface area contributed by atoms with Crippen LogP contribution in [0.2, 0.25) is 0 Å². The molecule has 0 unspecified atom stereocenters. The maximum Gasteiger partial charge on any atom is 0.0774 e. The Morgan fingerprint density at radius 2 is 1.82 bits per heavy atom. The minimum absolute atomic E-state index is 0.0979. The molecule has 2 saturated heterocycles. The van der Waals surface area contributed by atoms with Gasteiger partial charge in [0.2, 0.25) is 0 Å². The minimum atomic E-state index is -0.666. The lowest BCUT2D eigenvalue weighted by Crippen LogP contribution is -2.70. The molecule has 0 aliphatic carbocycles. The molecule has 2 fully saturated rings. The SMILES string of the molecule is CC(C)CN1CCC(O)(C2(CO)CNC2)CC1. The van der Waals surface area contributed by atoms with E-state index in [1.807, 2.05) is 0 Å². The van der Waals surface area contributed by atoms with Gasteiger partial charge < -0.3 is 20.4 Å². The van der Waals surface area contributed by atoms with Gasteiger partial charge in [-0.15, -0.1) is 0 Å². The van der Waals surface area contributed by atoms with E-state index in [2.05, 4.69) is 24.1 Å². The highest BCUT2D eigenvalue weighted by molar-refractivity contribution is 5.08. The lowest BCUT2D eigenvalue weighted by atomic mass is 9.64. The van der Waals surface area contributed by atoms with Crippen molar-refractivity contribution in [1.82, 2.24) is 10.2 Å². The summed E-state index contributed by atoms with van der Waals surface area (Å²) in [5.74, 6) is 0.679. The topological polar surface area (TPSA) is 55.7 Å². The van der Waals surface area contributed by atoms with Gasteiger partial charge in [-0.05, 0) is 18.8 Å². The molecule has 0 saturated carbocycles. The molecule has 100 valence electrons. The van der Waals surface area contributed by atoms with Gasteiger partial charge >= 0.3 is 0 Å². The second-order valence-electron chi connectivity index (χ2n) is 6.27. The van der Waals surface area contributed by atoms with Crippen molar-refractivity contribution < 1.29 is 10.2 Å². The first-order valence-electron chi connectivity index (χ1n) is 6.78. The monoisotopic (exact) mass is 242 g/mol. The molecule has 0 atom stereocenters. The third kappa shape index (κ3) is 2.36. The van der Waals surface area contributed by atoms with Crippen molar-refractivity contribution in [2.24, 2.45) is 11.3 Å². The molecule has 0 spiro atoms. The fraction of sp³-hybridized carbons (Fsp3) is 1.00. The Kier molecular flexibility index (Phi) is 3.78. The summed E-state index contributed by atoms with van der Waals surface area (Å²) in [6, 6.07) is 0. The van der Waals surface area contributed by atoms with E-state index in [0.29, 0.717) is 5.92 Å². The Hall–Kier alpha value is -0.160. The molecule has 2 heterocycles. The third-order valence-electron chi connectivity index (χ3n) is 4.52. The van der Waals surface area contributed by atoms with Gasteiger partial charge in [0.05, 0.1) is 12.2 Å². The lowest BCUT2D eigenvalue weighted by molar-refractivity contribution is -0.161. The fourth-order valence-corrected chi connectivity index (χ4v) is 3.17. The summed E-state index contributed by atoms with van der Waals surface area (Å²) in [6.07, 6.45) is 1.59. The summed E-state index contributed by atoms with van der Waals surface area (Å²) in [6.45, 7) is 9.08. The molecule has 0 aromatic carbocycles. The number of likely N-dealkylation sites (tertiary alicyclic amines) is 1. The Balaban J connectivity index is 1.92. The van der Waals surface area contributed by atoms with E-state index in [0.717, 1.165) is 45.6 Å². The van der Waals surface area contributed by atoms with Crippen LogP contribution in [0.15, 0.2) is 0 Å². The number of aliphatic hydroxyl groups is 2. The highest BCUT2D eigenvalue weighted by Gasteiger charge is 2.54. The molecule has 4 nitrogen and oxygen atoms in total. The Labute approximate surface area is 104 Å². The zero-order valence-corrected chi connectivity index (χ0v) is 11.1. The smallest absolute Gasteiger partial charge is 0.0774 e. The van der Waals surface area contributed by atoms with E-state index in [1.165, 1.54) is 0 Å². The maximum absolute atomic E-state index is 10.8. The second-order valence-corrected chi connectivity index (χ2v) is 6.27. The maximum atomic E-state index is 10.8. The number of piperidine rings is 1. The van der Waals surface area contributed by atoms with Crippen LogP contribution in [0.3, 0.4) is 0 Å². The molecule has 0 bridgehead atoms. The first-order chi connectivity index (χ1) is 8.01. The van der Waals surface area contributed by atoms with Crippen LogP contribution >= 0.6 is 0 Å². The van der Waals surface area contributed by atoms with E-state index in [9.17, 15) is 10.2 Å². The Morgan fingerprint density at radius 1 is 1.24 bits per heavy atom. The Morgan fingerprint density at radius 3 is 2.18 bits per heavy atom. The average Bonchev–Trinajstić information content (AvgIpc) is 2.20. The zero-order valence-electron chi connectivity index (χ0n) is 11.1. The molecule has 0 radical (unpaired) electrons. The number of nitrogens with zero attached hydrogens (tertiary/aromatic N) is 1. The van der Waals surface area contributed by atoms with E-state index < -0.39 is 5.60 Å². The van der Waals surface area contributed by atoms with Crippen molar-refractivity contribution in [1.29, 1.82) is 0 Å². The largest absolute Gasteiger partial charge is 0.396 e. The van der Waals surface area contributed by atoms with Crippen LogP contribution in [-0.2, 0) is 0 Å². The van der Waals surface area contributed by atoms with Crippen LogP contribution in [0.5, 0.6) is 0 Å². The van der Waals surface area contributed by atoms with Crippen LogP contribution in [-0.4, -0.2) is 60.0 Å². The summed E-state index contributed by atoms with van der Waals surface area (Å²) < 4.78 is 0. The van der Waals surface area contributed by atoms with Gasteiger partial charge in [-0.2, -0.15) is 0 Å². The summed E-state index contributed by atoms with van der Waals surface area (Å²) in [5.41, 5.74) is -0.947. The van der Waals surface area contributed by atoms with Crippen LogP contribution < -0.4 is 5.32 Å². The van der Waals surface area contributed by atoms with E-state index in [1.54, 1.807) is 0 Å². The van der Waals surface area contributed by atoms with E-state index >= 15 is 0 Å². The van der Waals surface area contributed by atoms with E-state index in [-0.39, 0.29) is 12.0 Å². The molecule has 17 heavy (non-hydrogen) atoms. The summed E-state index contributed by atoms with van der Waals surface area (Å²) in [5, 5.41) is 23.5. The first kappa shape index (κ1) is 13.3. The van der Waals surface area contributed by atoms with E-state index in [4.69, 9.17) is 0 Å². The fourth-order valence-electron chi connectivity index (χ4n) is 3.17. The number of aliphatic hydroxyl groups excluding tert-OH is 1. The molecule has 0 aromatic rings. The molecule has 3 N–H and O–H groups in total. The number of hydrogen-bond donors (Lipinski definition) is 3. The lowest BCUT2D eigenvalue weighted by Gasteiger charge is -2.55. The van der Waals surface area contributed by atoms with Gasteiger partial charge in [-0.1, -0.05) is 13.8 Å². The third-order valence-corrected chi connectivity index (χ3v) is 4.52. The standard InChI is InChI=1S/C13H26N2O2/c1-11(2)7-15-5-3-13(17,4-6-15)12(10-16)8-14-9-12/h11,14,16-17H,3-10H2,1-2H3. The number of nitrogens with one attached hydrogen (secondary N) is 1. The van der Waals surface area contributed by atoms with Crippen LogP contribution in [0.25, 0.3) is 0 Å². The molecule has 0 amide bonds. The van der Waals surface area contributed by atoms with Gasteiger partial charge in [-0.25, -0.2) is 0 Å². The number of hydrogen-bond acceptors (Lipinski definition) is 4. The molecular formula is C13H26N2O2.